The number of rotatable bonds is 6. The molecule has 8 nitrogen and oxygen atoms in total. The molecule has 3 heterocycles. The fourth-order valence-electron chi connectivity index (χ4n) is 4.25. The number of hydrogen-bond donors (Lipinski definition) is 1. The van der Waals surface area contributed by atoms with E-state index in [9.17, 15) is 18.8 Å². The summed E-state index contributed by atoms with van der Waals surface area (Å²) in [6.07, 6.45) is 8.35. The molecule has 1 saturated heterocycles. The Hall–Kier alpha value is -3.79. The van der Waals surface area contributed by atoms with Crippen LogP contribution < -0.4 is 5.32 Å². The number of benzene rings is 1. The van der Waals surface area contributed by atoms with Gasteiger partial charge in [0.15, 0.2) is 5.69 Å². The van der Waals surface area contributed by atoms with Crippen molar-refractivity contribution in [3.8, 4) is 5.69 Å². The van der Waals surface area contributed by atoms with Crippen LogP contribution in [-0.4, -0.2) is 49.8 Å². The zero-order chi connectivity index (χ0) is 24.4. The molecule has 3 aromatic rings. The van der Waals surface area contributed by atoms with Gasteiger partial charge in [0.05, 0.1) is 10.6 Å². The first-order chi connectivity index (χ1) is 17.0. The molecule has 1 N–H and O–H groups in total. The molecule has 10 heteroatoms. The molecule has 5 rings (SSSR count). The van der Waals surface area contributed by atoms with Gasteiger partial charge in [-0.2, -0.15) is 5.10 Å². The Kier molecular flexibility index (Phi) is 6.45. The molecule has 0 atom stereocenters. The molecule has 1 aliphatic carbocycles. The highest BCUT2D eigenvalue weighted by molar-refractivity contribution is 8.18. The van der Waals surface area contributed by atoms with E-state index in [4.69, 9.17) is 0 Å². The molecule has 2 aliphatic rings. The number of amides is 3. The predicted octanol–water partition coefficient (Wildman–Crippen LogP) is 3.75. The van der Waals surface area contributed by atoms with Gasteiger partial charge in [-0.25, -0.2) is 9.07 Å². The Morgan fingerprint density at radius 3 is 2.71 bits per heavy atom. The lowest BCUT2D eigenvalue weighted by atomic mass is 9.95. The highest BCUT2D eigenvalue weighted by Gasteiger charge is 2.35. The number of nitrogens with one attached hydrogen (secondary N) is 1. The molecule has 1 aliphatic heterocycles. The van der Waals surface area contributed by atoms with Crippen LogP contribution >= 0.6 is 11.8 Å². The Morgan fingerprint density at radius 2 is 1.94 bits per heavy atom. The SMILES string of the molecule is O=C(NCCN1C(=O)S/C(=C\c2cccnc2)C1=O)c1nn(-c2ccc(F)cc2)c2c1CCCC2. The first-order valence-corrected chi connectivity index (χ1v) is 12.1. The predicted molar refractivity (Wildman–Crippen MR) is 129 cm³/mol. The first-order valence-electron chi connectivity index (χ1n) is 11.3. The summed E-state index contributed by atoms with van der Waals surface area (Å²) in [6.45, 7) is 0.164. The molecule has 1 aromatic carbocycles. The maximum atomic E-state index is 13.4. The number of carbonyl (C=O) groups excluding carboxylic acids is 3. The molecule has 178 valence electrons. The molecule has 0 radical (unpaired) electrons. The Bertz CT molecular complexity index is 1320. The molecule has 0 spiro atoms. The standard InChI is InChI=1S/C25H22FN5O3S/c26-17-7-9-18(10-8-17)31-20-6-2-1-5-19(20)22(29-31)23(32)28-12-13-30-24(33)21(35-25(30)34)14-16-4-3-11-27-15-16/h3-4,7-11,14-15H,1-2,5-6,12-13H2,(H,28,32)/b21-14-. The summed E-state index contributed by atoms with van der Waals surface area (Å²) in [5.41, 5.74) is 3.60. The molecule has 0 bridgehead atoms. The van der Waals surface area contributed by atoms with Crippen LogP contribution in [0.1, 0.15) is 40.2 Å². The summed E-state index contributed by atoms with van der Waals surface area (Å²) in [4.78, 5) is 43.5. The van der Waals surface area contributed by atoms with E-state index in [0.29, 0.717) is 16.3 Å². The lowest BCUT2D eigenvalue weighted by Gasteiger charge is -2.14. The van der Waals surface area contributed by atoms with Gasteiger partial charge in [0.1, 0.15) is 5.82 Å². The van der Waals surface area contributed by atoms with Crippen LogP contribution in [0.3, 0.4) is 0 Å². The van der Waals surface area contributed by atoms with E-state index in [1.165, 1.54) is 12.1 Å². The van der Waals surface area contributed by atoms with Gasteiger partial charge in [-0.05, 0) is 79.4 Å². The molecule has 1 fully saturated rings. The van der Waals surface area contributed by atoms with Crippen molar-refractivity contribution in [3.63, 3.8) is 0 Å². The normalized spacial score (nSPS) is 16.6. The molecular weight excluding hydrogens is 469 g/mol. The summed E-state index contributed by atoms with van der Waals surface area (Å²) in [5, 5.41) is 6.96. The largest absolute Gasteiger partial charge is 0.349 e. The van der Waals surface area contributed by atoms with Gasteiger partial charge in [0.25, 0.3) is 17.1 Å². The van der Waals surface area contributed by atoms with Crippen molar-refractivity contribution in [1.29, 1.82) is 0 Å². The smallest absolute Gasteiger partial charge is 0.293 e. The number of carbonyl (C=O) groups is 3. The minimum Gasteiger partial charge on any atom is -0.349 e. The first kappa shape index (κ1) is 23.0. The van der Waals surface area contributed by atoms with Crippen LogP contribution in [0.4, 0.5) is 9.18 Å². The monoisotopic (exact) mass is 491 g/mol. The second kappa shape index (κ2) is 9.83. The third-order valence-electron chi connectivity index (χ3n) is 5.94. The van der Waals surface area contributed by atoms with E-state index >= 15 is 0 Å². The molecule has 35 heavy (non-hydrogen) atoms. The number of aromatic nitrogens is 3. The van der Waals surface area contributed by atoms with Crippen molar-refractivity contribution in [2.45, 2.75) is 25.7 Å². The number of imide groups is 1. The van der Waals surface area contributed by atoms with Crippen molar-refractivity contribution in [1.82, 2.24) is 25.0 Å². The third kappa shape index (κ3) is 4.74. The van der Waals surface area contributed by atoms with E-state index in [2.05, 4.69) is 15.4 Å². The number of nitrogens with zero attached hydrogens (tertiary/aromatic N) is 4. The van der Waals surface area contributed by atoms with E-state index in [-0.39, 0.29) is 30.1 Å². The summed E-state index contributed by atoms with van der Waals surface area (Å²) in [5.74, 6) is -1.09. The van der Waals surface area contributed by atoms with E-state index in [1.807, 2.05) is 0 Å². The summed E-state index contributed by atoms with van der Waals surface area (Å²) in [6, 6.07) is 9.56. The van der Waals surface area contributed by atoms with Crippen molar-refractivity contribution in [2.75, 3.05) is 13.1 Å². The molecule has 0 saturated carbocycles. The van der Waals surface area contributed by atoms with Gasteiger partial charge >= 0.3 is 0 Å². The van der Waals surface area contributed by atoms with Crippen LogP contribution in [0.2, 0.25) is 0 Å². The van der Waals surface area contributed by atoms with Crippen LogP contribution in [0, 0.1) is 5.82 Å². The second-order valence-electron chi connectivity index (χ2n) is 8.24. The van der Waals surface area contributed by atoms with Gasteiger partial charge in [0, 0.05) is 36.7 Å². The van der Waals surface area contributed by atoms with Gasteiger partial charge in [-0.15, -0.1) is 0 Å². The second-order valence-corrected chi connectivity index (χ2v) is 9.24. The number of fused-ring (bicyclic) bond motifs is 1. The zero-order valence-corrected chi connectivity index (χ0v) is 19.6. The fourth-order valence-corrected chi connectivity index (χ4v) is 5.11. The Labute approximate surface area is 205 Å². The summed E-state index contributed by atoms with van der Waals surface area (Å²) >= 11 is 0.868. The van der Waals surface area contributed by atoms with Gasteiger partial charge < -0.3 is 5.32 Å². The molecule has 2 aromatic heterocycles. The lowest BCUT2D eigenvalue weighted by molar-refractivity contribution is -0.122. The molecule has 0 unspecified atom stereocenters. The van der Waals surface area contributed by atoms with Crippen LogP contribution in [-0.2, 0) is 17.6 Å². The van der Waals surface area contributed by atoms with Gasteiger partial charge in [0.2, 0.25) is 0 Å². The van der Waals surface area contributed by atoms with Crippen LogP contribution in [0.5, 0.6) is 0 Å². The summed E-state index contributed by atoms with van der Waals surface area (Å²) in [7, 11) is 0. The van der Waals surface area contributed by atoms with Crippen LogP contribution in [0.25, 0.3) is 11.8 Å². The number of pyridine rings is 1. The molecular formula is C25H22FN5O3S. The molecule has 3 amide bonds. The third-order valence-corrected chi connectivity index (χ3v) is 6.85. The number of thioether (sulfide) groups is 1. The minimum absolute atomic E-state index is 0.0572. The number of hydrogen-bond acceptors (Lipinski definition) is 6. The van der Waals surface area contributed by atoms with Crippen molar-refractivity contribution in [2.24, 2.45) is 0 Å². The highest BCUT2D eigenvalue weighted by atomic mass is 32.2. The maximum absolute atomic E-state index is 13.4. The zero-order valence-electron chi connectivity index (χ0n) is 18.7. The Balaban J connectivity index is 1.27. The Morgan fingerprint density at radius 1 is 1.14 bits per heavy atom. The average molecular weight is 492 g/mol. The topological polar surface area (TPSA) is 97.2 Å². The van der Waals surface area contributed by atoms with E-state index in [0.717, 1.165) is 59.2 Å². The van der Waals surface area contributed by atoms with Gasteiger partial charge in [-0.3, -0.25) is 24.3 Å². The average Bonchev–Trinajstić information content (AvgIpc) is 3.38. The fraction of sp³-hybridized carbons (Fsp3) is 0.240. The maximum Gasteiger partial charge on any atom is 0.293 e. The van der Waals surface area contributed by atoms with Crippen molar-refractivity contribution < 1.29 is 18.8 Å². The van der Waals surface area contributed by atoms with Crippen molar-refractivity contribution in [3.05, 3.63) is 82.0 Å². The summed E-state index contributed by atoms with van der Waals surface area (Å²) < 4.78 is 15.1. The number of halogens is 1. The van der Waals surface area contributed by atoms with E-state index in [1.54, 1.807) is 47.4 Å². The van der Waals surface area contributed by atoms with Crippen LogP contribution in [0.15, 0.2) is 53.7 Å². The van der Waals surface area contributed by atoms with Gasteiger partial charge in [-0.1, -0.05) is 6.07 Å². The highest BCUT2D eigenvalue weighted by Crippen LogP contribution is 2.32. The van der Waals surface area contributed by atoms with E-state index < -0.39 is 5.91 Å². The lowest BCUT2D eigenvalue weighted by Crippen LogP contribution is -2.37. The quantitative estimate of drug-likeness (QED) is 0.528. The minimum atomic E-state index is -0.393. The van der Waals surface area contributed by atoms with Crippen molar-refractivity contribution >= 4 is 34.9 Å².